The molecule has 6 heteroatoms. The highest BCUT2D eigenvalue weighted by molar-refractivity contribution is 5.95. The molecule has 1 fully saturated rings. The molecule has 1 aliphatic heterocycles. The van der Waals surface area contributed by atoms with E-state index in [4.69, 9.17) is 4.74 Å². The number of hydrogen-bond acceptors (Lipinski definition) is 6. The molecule has 3 rings (SSSR count). The van der Waals surface area contributed by atoms with Crippen molar-refractivity contribution in [3.8, 4) is 0 Å². The van der Waals surface area contributed by atoms with Gasteiger partial charge in [0, 0.05) is 0 Å². The Kier molecular flexibility index (Phi) is 4.93. The maximum atomic E-state index is 12.4. The van der Waals surface area contributed by atoms with Crippen LogP contribution in [0.4, 0.5) is 0 Å². The van der Waals surface area contributed by atoms with Gasteiger partial charge in [0.05, 0.1) is 18.3 Å². The predicted molar refractivity (Wildman–Crippen MR) is 95.8 cm³/mol. The van der Waals surface area contributed by atoms with Crippen molar-refractivity contribution in [3.05, 3.63) is 34.9 Å². The minimum Gasteiger partial charge on any atom is -0.395 e. The Balaban J connectivity index is 2.08. The van der Waals surface area contributed by atoms with Crippen molar-refractivity contribution < 1.29 is 28.7 Å². The van der Waals surface area contributed by atoms with Crippen molar-refractivity contribution in [1.29, 1.82) is 0 Å². The van der Waals surface area contributed by atoms with Gasteiger partial charge in [-0.25, -0.2) is 0 Å². The third-order valence-corrected chi connectivity index (χ3v) is 5.81. The number of cyclic esters (lactones) is 2. The zero-order valence-electron chi connectivity index (χ0n) is 16.0. The van der Waals surface area contributed by atoms with Gasteiger partial charge in [-0.05, 0) is 40.4 Å². The molecule has 0 amide bonds. The van der Waals surface area contributed by atoms with Crippen LogP contribution in [0.1, 0.15) is 69.1 Å². The Hall–Kier alpha value is -2.50. The van der Waals surface area contributed by atoms with Crippen LogP contribution in [0.15, 0.2) is 18.2 Å². The Morgan fingerprint density at radius 1 is 1.19 bits per heavy atom. The third kappa shape index (κ3) is 3.53. The zero-order chi connectivity index (χ0) is 19.9. The van der Waals surface area contributed by atoms with E-state index >= 15 is 0 Å². The molecular weight excluding hydrogens is 348 g/mol. The summed E-state index contributed by atoms with van der Waals surface area (Å²) >= 11 is 0. The van der Waals surface area contributed by atoms with E-state index in [9.17, 15) is 19.2 Å². The van der Waals surface area contributed by atoms with Gasteiger partial charge in [0.2, 0.25) is 0 Å². The second kappa shape index (κ2) is 6.91. The number of fused-ring (bicyclic) bond motifs is 1. The summed E-state index contributed by atoms with van der Waals surface area (Å²) in [6.07, 6.45) is 0.344. The van der Waals surface area contributed by atoms with Crippen LogP contribution in [0.25, 0.3) is 0 Å². The molecule has 4 unspecified atom stereocenters. The average Bonchev–Trinajstić information content (AvgIpc) is 2.92. The van der Waals surface area contributed by atoms with E-state index in [0.717, 1.165) is 16.7 Å². The molecule has 4 atom stereocenters. The van der Waals surface area contributed by atoms with Gasteiger partial charge in [0.1, 0.15) is 0 Å². The van der Waals surface area contributed by atoms with E-state index in [2.05, 4.69) is 31.6 Å². The summed E-state index contributed by atoms with van der Waals surface area (Å²) in [6.45, 7) is 8.37. The number of carbonyl (C=O) groups excluding carboxylic acids is 4. The second-order valence-electron chi connectivity index (χ2n) is 8.47. The summed E-state index contributed by atoms with van der Waals surface area (Å²) < 4.78 is 9.36. The standard InChI is InChI=1S/C21H24O6/c1-11-14-7-12(21(2,3)4)5-6-13(14)16(8-15(11)19(24)26-10-22)17-9-18(23)27-20(17)25/h5-7,10-11,15-17H,8-9H2,1-4H3. The van der Waals surface area contributed by atoms with Gasteiger partial charge in [-0.1, -0.05) is 45.9 Å². The minimum atomic E-state index is -0.615. The van der Waals surface area contributed by atoms with Gasteiger partial charge in [-0.15, -0.1) is 0 Å². The highest BCUT2D eigenvalue weighted by atomic mass is 16.6. The van der Waals surface area contributed by atoms with Gasteiger partial charge < -0.3 is 9.47 Å². The fourth-order valence-corrected chi connectivity index (χ4v) is 4.21. The van der Waals surface area contributed by atoms with Crippen LogP contribution in [-0.2, 0) is 34.1 Å². The largest absolute Gasteiger partial charge is 0.395 e. The van der Waals surface area contributed by atoms with E-state index in [0.29, 0.717) is 6.42 Å². The molecule has 0 radical (unpaired) electrons. The number of carbonyl (C=O) groups is 4. The summed E-state index contributed by atoms with van der Waals surface area (Å²) in [6, 6.07) is 6.09. The molecular formula is C21H24O6. The molecule has 0 bridgehead atoms. The molecule has 1 saturated heterocycles. The Morgan fingerprint density at radius 2 is 1.89 bits per heavy atom. The lowest BCUT2D eigenvalue weighted by Gasteiger charge is -2.37. The van der Waals surface area contributed by atoms with E-state index in [1.807, 2.05) is 19.1 Å². The van der Waals surface area contributed by atoms with Gasteiger partial charge >= 0.3 is 24.4 Å². The van der Waals surface area contributed by atoms with Crippen molar-refractivity contribution >= 4 is 24.4 Å². The lowest BCUT2D eigenvalue weighted by atomic mass is 9.66. The van der Waals surface area contributed by atoms with Gasteiger partial charge in [-0.3, -0.25) is 19.2 Å². The van der Waals surface area contributed by atoms with Gasteiger partial charge in [-0.2, -0.15) is 0 Å². The fourth-order valence-electron chi connectivity index (χ4n) is 4.21. The van der Waals surface area contributed by atoms with Crippen molar-refractivity contribution in [3.63, 3.8) is 0 Å². The smallest absolute Gasteiger partial charge is 0.317 e. The first-order valence-corrected chi connectivity index (χ1v) is 9.16. The van der Waals surface area contributed by atoms with Crippen LogP contribution >= 0.6 is 0 Å². The molecule has 1 heterocycles. The van der Waals surface area contributed by atoms with Crippen LogP contribution in [-0.4, -0.2) is 24.4 Å². The van der Waals surface area contributed by atoms with Crippen LogP contribution in [0.5, 0.6) is 0 Å². The maximum Gasteiger partial charge on any atom is 0.317 e. The highest BCUT2D eigenvalue weighted by Gasteiger charge is 2.46. The van der Waals surface area contributed by atoms with Gasteiger partial charge in [0.25, 0.3) is 0 Å². The van der Waals surface area contributed by atoms with E-state index in [1.165, 1.54) is 0 Å². The average molecular weight is 372 g/mol. The van der Waals surface area contributed by atoms with Crippen LogP contribution in [0.2, 0.25) is 0 Å². The first-order valence-electron chi connectivity index (χ1n) is 9.16. The monoisotopic (exact) mass is 372 g/mol. The van der Waals surface area contributed by atoms with Crippen molar-refractivity contribution in [1.82, 2.24) is 0 Å². The first kappa shape index (κ1) is 19.3. The molecule has 27 heavy (non-hydrogen) atoms. The van der Waals surface area contributed by atoms with Crippen molar-refractivity contribution in [2.75, 3.05) is 0 Å². The molecule has 0 saturated carbocycles. The second-order valence-corrected chi connectivity index (χ2v) is 8.47. The Morgan fingerprint density at radius 3 is 2.44 bits per heavy atom. The van der Waals surface area contributed by atoms with E-state index in [1.54, 1.807) is 0 Å². The minimum absolute atomic E-state index is 0.00773. The van der Waals surface area contributed by atoms with Crippen molar-refractivity contribution in [2.45, 2.75) is 57.8 Å². The van der Waals surface area contributed by atoms with E-state index in [-0.39, 0.29) is 30.1 Å². The summed E-state index contributed by atoms with van der Waals surface area (Å²) in [4.78, 5) is 46.8. The molecule has 0 spiro atoms. The Labute approximate surface area is 158 Å². The molecule has 1 aromatic carbocycles. The molecule has 1 aliphatic carbocycles. The SMILES string of the molecule is CC1c2cc(C(C)(C)C)ccc2C(C2CC(=O)OC2=O)CC1C(=O)OC=O. The maximum absolute atomic E-state index is 12.4. The lowest BCUT2D eigenvalue weighted by Crippen LogP contribution is -2.34. The Bertz CT molecular complexity index is 803. The predicted octanol–water partition coefficient (Wildman–Crippen LogP) is 2.98. The molecule has 2 aliphatic rings. The lowest BCUT2D eigenvalue weighted by molar-refractivity contribution is -0.158. The number of rotatable bonds is 3. The van der Waals surface area contributed by atoms with Gasteiger partial charge in [0.15, 0.2) is 0 Å². The number of hydrogen-bond donors (Lipinski definition) is 0. The molecule has 1 aromatic rings. The zero-order valence-corrected chi connectivity index (χ0v) is 16.0. The summed E-state index contributed by atoms with van der Waals surface area (Å²) in [5, 5.41) is 0. The van der Waals surface area contributed by atoms with Crippen LogP contribution in [0, 0.1) is 11.8 Å². The van der Waals surface area contributed by atoms with Crippen LogP contribution < -0.4 is 0 Å². The molecule has 6 nitrogen and oxygen atoms in total. The summed E-state index contributed by atoms with van der Waals surface area (Å²) in [5.74, 6) is -3.36. The fraction of sp³-hybridized carbons (Fsp3) is 0.524. The topological polar surface area (TPSA) is 86.7 Å². The third-order valence-electron chi connectivity index (χ3n) is 5.81. The number of esters is 3. The summed E-state index contributed by atoms with van der Waals surface area (Å²) in [5.41, 5.74) is 2.95. The molecule has 0 aromatic heterocycles. The van der Waals surface area contributed by atoms with Crippen molar-refractivity contribution in [2.24, 2.45) is 11.8 Å². The quantitative estimate of drug-likeness (QED) is 0.461. The van der Waals surface area contributed by atoms with Crippen LogP contribution in [0.3, 0.4) is 0 Å². The highest BCUT2D eigenvalue weighted by Crippen LogP contribution is 2.49. The molecule has 144 valence electrons. The van der Waals surface area contributed by atoms with E-state index < -0.39 is 29.7 Å². The first-order chi connectivity index (χ1) is 12.6. The normalized spacial score (nSPS) is 27.7. The molecule has 0 N–H and O–H groups in total. The number of ether oxygens (including phenoxy) is 2. The summed E-state index contributed by atoms with van der Waals surface area (Å²) in [7, 11) is 0. The number of benzene rings is 1.